The van der Waals surface area contributed by atoms with E-state index in [9.17, 15) is 18.8 Å². The third-order valence-corrected chi connectivity index (χ3v) is 4.88. The number of rotatable bonds is 4. The molecule has 0 radical (unpaired) electrons. The Hall–Kier alpha value is -3.61. The zero-order valence-corrected chi connectivity index (χ0v) is 15.0. The third kappa shape index (κ3) is 2.81. The third-order valence-electron chi connectivity index (χ3n) is 4.88. The molecule has 1 saturated heterocycles. The Labute approximate surface area is 160 Å². The number of nitrogens with zero attached hydrogens (tertiary/aromatic N) is 3. The number of benzene rings is 2. The fraction of sp³-hybridized carbons (Fsp3) is 0.143. The number of hydrogen-bond acceptors (Lipinski definition) is 4. The average Bonchev–Trinajstić information content (AvgIpc) is 2.93. The van der Waals surface area contributed by atoms with Crippen molar-refractivity contribution in [2.45, 2.75) is 19.5 Å². The van der Waals surface area contributed by atoms with Gasteiger partial charge in [0.15, 0.2) is 0 Å². The van der Waals surface area contributed by atoms with Gasteiger partial charge < -0.3 is 0 Å². The van der Waals surface area contributed by atoms with Crippen molar-refractivity contribution in [1.82, 2.24) is 14.8 Å². The molecule has 2 heterocycles. The zero-order valence-electron chi connectivity index (χ0n) is 15.0. The van der Waals surface area contributed by atoms with Crippen LogP contribution in [0.5, 0.6) is 0 Å². The van der Waals surface area contributed by atoms with E-state index in [0.29, 0.717) is 16.5 Å². The molecule has 1 aliphatic heterocycles. The number of hydrogen-bond donors (Lipinski definition) is 0. The maximum absolute atomic E-state index is 14.0. The number of imide groups is 2. The summed E-state index contributed by atoms with van der Waals surface area (Å²) in [6.45, 7) is 1.53. The van der Waals surface area contributed by atoms with E-state index in [-0.39, 0.29) is 6.54 Å². The summed E-state index contributed by atoms with van der Waals surface area (Å²) in [6, 6.07) is 13.6. The van der Waals surface area contributed by atoms with Crippen LogP contribution in [-0.4, -0.2) is 32.6 Å². The molecule has 1 unspecified atom stereocenters. The molecule has 0 saturated carbocycles. The van der Waals surface area contributed by atoms with Crippen molar-refractivity contribution >= 4 is 28.7 Å². The Morgan fingerprint density at radius 3 is 2.46 bits per heavy atom. The molecule has 140 valence electrons. The van der Waals surface area contributed by atoms with Crippen LogP contribution in [0.15, 0.2) is 60.8 Å². The number of urea groups is 1. The lowest BCUT2D eigenvalue weighted by Crippen LogP contribution is -2.35. The van der Waals surface area contributed by atoms with Crippen molar-refractivity contribution < 1.29 is 18.8 Å². The second kappa shape index (κ2) is 6.84. The lowest BCUT2D eigenvalue weighted by molar-refractivity contribution is -0.144. The van der Waals surface area contributed by atoms with Crippen LogP contribution in [0.2, 0.25) is 0 Å². The predicted octanol–water partition coefficient (Wildman–Crippen LogP) is 3.43. The first kappa shape index (κ1) is 17.8. The van der Waals surface area contributed by atoms with E-state index in [0.717, 1.165) is 15.4 Å². The maximum Gasteiger partial charge on any atom is 0.335 e. The summed E-state index contributed by atoms with van der Waals surface area (Å²) in [5.41, 5.74) is 1.58. The fourth-order valence-corrected chi connectivity index (χ4v) is 3.38. The highest BCUT2D eigenvalue weighted by Crippen LogP contribution is 2.28. The van der Waals surface area contributed by atoms with Crippen molar-refractivity contribution in [2.75, 3.05) is 0 Å². The summed E-state index contributed by atoms with van der Waals surface area (Å²) in [4.78, 5) is 43.8. The summed E-state index contributed by atoms with van der Waals surface area (Å²) in [6.07, 6.45) is 1.51. The number of halogens is 1. The summed E-state index contributed by atoms with van der Waals surface area (Å²) in [5, 5.41) is 0.292. The Balaban J connectivity index is 1.67. The second-order valence-electron chi connectivity index (χ2n) is 6.54. The van der Waals surface area contributed by atoms with E-state index in [1.54, 1.807) is 43.3 Å². The summed E-state index contributed by atoms with van der Waals surface area (Å²) < 4.78 is 14.0. The quantitative estimate of drug-likeness (QED) is 0.516. The minimum atomic E-state index is -0.902. The molecule has 2 aromatic carbocycles. The topological polar surface area (TPSA) is 70.6 Å². The standard InChI is InChI=1S/C21H16FN3O3/c1-13(14-6-3-2-4-7-14)25-20(27)19(26)24(21(25)28)12-15-9-10-17(22)16-8-5-11-23-18(15)16/h2-11,13H,12H2,1H3. The summed E-state index contributed by atoms with van der Waals surface area (Å²) in [7, 11) is 0. The molecule has 4 amide bonds. The zero-order chi connectivity index (χ0) is 19.8. The molecular weight excluding hydrogens is 361 g/mol. The van der Waals surface area contributed by atoms with Crippen LogP contribution in [0.4, 0.5) is 9.18 Å². The normalized spacial score (nSPS) is 15.6. The Morgan fingerprint density at radius 1 is 0.964 bits per heavy atom. The SMILES string of the molecule is CC(c1ccccc1)N1C(=O)C(=O)N(Cc2ccc(F)c3cccnc23)C1=O. The molecule has 7 heteroatoms. The van der Waals surface area contributed by atoms with Gasteiger partial charge in [0, 0.05) is 11.6 Å². The van der Waals surface area contributed by atoms with Gasteiger partial charge >= 0.3 is 17.8 Å². The van der Waals surface area contributed by atoms with Gasteiger partial charge in [-0.2, -0.15) is 0 Å². The number of aromatic nitrogens is 1. The number of fused-ring (bicyclic) bond motifs is 1. The van der Waals surface area contributed by atoms with Gasteiger partial charge in [-0.3, -0.25) is 19.5 Å². The number of pyridine rings is 1. The second-order valence-corrected chi connectivity index (χ2v) is 6.54. The molecular formula is C21H16FN3O3. The first-order valence-electron chi connectivity index (χ1n) is 8.75. The minimum Gasteiger partial charge on any atom is -0.263 e. The van der Waals surface area contributed by atoms with E-state index >= 15 is 0 Å². The van der Waals surface area contributed by atoms with E-state index in [1.807, 2.05) is 6.07 Å². The van der Waals surface area contributed by atoms with Crippen LogP contribution in [0.25, 0.3) is 10.9 Å². The summed E-state index contributed by atoms with van der Waals surface area (Å²) in [5.74, 6) is -2.22. The van der Waals surface area contributed by atoms with Gasteiger partial charge in [-0.15, -0.1) is 0 Å². The van der Waals surface area contributed by atoms with E-state index < -0.39 is 29.7 Å². The van der Waals surface area contributed by atoms with Crippen LogP contribution in [-0.2, 0) is 16.1 Å². The largest absolute Gasteiger partial charge is 0.335 e. The fourth-order valence-electron chi connectivity index (χ4n) is 3.38. The van der Waals surface area contributed by atoms with Crippen LogP contribution in [0.1, 0.15) is 24.1 Å². The van der Waals surface area contributed by atoms with Gasteiger partial charge in [-0.25, -0.2) is 14.1 Å². The van der Waals surface area contributed by atoms with Gasteiger partial charge in [0.1, 0.15) is 5.82 Å². The molecule has 1 atom stereocenters. The van der Waals surface area contributed by atoms with Gasteiger partial charge in [0.25, 0.3) is 0 Å². The van der Waals surface area contributed by atoms with Crippen LogP contribution >= 0.6 is 0 Å². The van der Waals surface area contributed by atoms with Crippen molar-refractivity contribution in [3.63, 3.8) is 0 Å². The van der Waals surface area contributed by atoms with Crippen molar-refractivity contribution in [1.29, 1.82) is 0 Å². The van der Waals surface area contributed by atoms with E-state index in [1.165, 1.54) is 18.3 Å². The Bertz CT molecular complexity index is 1100. The van der Waals surface area contributed by atoms with Crippen LogP contribution in [0, 0.1) is 5.82 Å². The lowest BCUT2D eigenvalue weighted by Gasteiger charge is -2.22. The van der Waals surface area contributed by atoms with Crippen LogP contribution < -0.4 is 0 Å². The Kier molecular flexibility index (Phi) is 4.35. The maximum atomic E-state index is 14.0. The van der Waals surface area contributed by atoms with Crippen LogP contribution in [0.3, 0.4) is 0 Å². The average molecular weight is 377 g/mol. The monoisotopic (exact) mass is 377 g/mol. The molecule has 0 N–H and O–H groups in total. The van der Waals surface area contributed by atoms with Gasteiger partial charge in [-0.05, 0) is 36.2 Å². The van der Waals surface area contributed by atoms with Gasteiger partial charge in [0.05, 0.1) is 18.1 Å². The molecule has 28 heavy (non-hydrogen) atoms. The van der Waals surface area contributed by atoms with Crippen molar-refractivity contribution in [3.05, 3.63) is 77.7 Å². The van der Waals surface area contributed by atoms with Gasteiger partial charge in [0.2, 0.25) is 0 Å². The van der Waals surface area contributed by atoms with Crippen molar-refractivity contribution in [3.8, 4) is 0 Å². The Morgan fingerprint density at radius 2 is 1.71 bits per heavy atom. The molecule has 6 nitrogen and oxygen atoms in total. The first-order valence-corrected chi connectivity index (χ1v) is 8.75. The highest BCUT2D eigenvalue weighted by atomic mass is 19.1. The van der Waals surface area contributed by atoms with E-state index in [4.69, 9.17) is 0 Å². The molecule has 0 aliphatic carbocycles. The highest BCUT2D eigenvalue weighted by molar-refractivity contribution is 6.44. The molecule has 1 aromatic heterocycles. The molecule has 1 aliphatic rings. The molecule has 0 bridgehead atoms. The lowest BCUT2D eigenvalue weighted by atomic mass is 10.1. The van der Waals surface area contributed by atoms with Gasteiger partial charge in [-0.1, -0.05) is 36.4 Å². The molecule has 4 rings (SSSR count). The smallest absolute Gasteiger partial charge is 0.263 e. The predicted molar refractivity (Wildman–Crippen MR) is 99.4 cm³/mol. The molecule has 1 fully saturated rings. The molecule has 3 aromatic rings. The number of amides is 4. The minimum absolute atomic E-state index is 0.158. The van der Waals surface area contributed by atoms with E-state index in [2.05, 4.69) is 4.98 Å². The first-order chi connectivity index (χ1) is 13.5. The van der Waals surface area contributed by atoms with Crippen molar-refractivity contribution in [2.24, 2.45) is 0 Å². The number of carbonyl (C=O) groups excluding carboxylic acids is 3. The highest BCUT2D eigenvalue weighted by Gasteiger charge is 2.47. The molecule has 0 spiro atoms. The summed E-state index contributed by atoms with van der Waals surface area (Å²) >= 11 is 0. The number of carbonyl (C=O) groups is 3.